The van der Waals surface area contributed by atoms with Crippen LogP contribution < -0.4 is 5.73 Å². The molecule has 0 radical (unpaired) electrons. The lowest BCUT2D eigenvalue weighted by atomic mass is 9.94. The Kier molecular flexibility index (Phi) is 5.36. The first kappa shape index (κ1) is 14.8. The van der Waals surface area contributed by atoms with Gasteiger partial charge in [-0.05, 0) is 76.5 Å². The van der Waals surface area contributed by atoms with Crippen molar-refractivity contribution in [3.8, 4) is 0 Å². The molecule has 0 amide bonds. The zero-order valence-corrected chi connectivity index (χ0v) is 13.1. The van der Waals surface area contributed by atoms with Crippen LogP contribution in [0.5, 0.6) is 0 Å². The lowest BCUT2D eigenvalue weighted by Gasteiger charge is -2.36. The number of rotatable bonds is 5. The Bertz CT molecular complexity index is 274. The van der Waals surface area contributed by atoms with Crippen molar-refractivity contribution in [1.82, 2.24) is 9.80 Å². The van der Waals surface area contributed by atoms with Crippen LogP contribution in [-0.4, -0.2) is 55.1 Å². The molecule has 116 valence electrons. The number of likely N-dealkylation sites (tertiary alicyclic amines) is 2. The summed E-state index contributed by atoms with van der Waals surface area (Å²) in [5, 5.41) is 0. The molecule has 1 saturated carbocycles. The zero-order chi connectivity index (χ0) is 13.8. The summed E-state index contributed by atoms with van der Waals surface area (Å²) in [6.45, 7) is 7.81. The summed E-state index contributed by atoms with van der Waals surface area (Å²) in [4.78, 5) is 5.33. The number of hydrogen-bond acceptors (Lipinski definition) is 3. The Morgan fingerprint density at radius 1 is 0.800 bits per heavy atom. The predicted molar refractivity (Wildman–Crippen MR) is 84.8 cm³/mol. The molecule has 2 heterocycles. The summed E-state index contributed by atoms with van der Waals surface area (Å²) < 4.78 is 0. The maximum Gasteiger partial charge on any atom is 0.0196 e. The van der Waals surface area contributed by atoms with E-state index in [0.717, 1.165) is 18.4 Å². The van der Waals surface area contributed by atoms with Gasteiger partial charge < -0.3 is 15.5 Å². The van der Waals surface area contributed by atoms with Crippen molar-refractivity contribution in [3.05, 3.63) is 0 Å². The molecule has 3 aliphatic rings. The highest BCUT2D eigenvalue weighted by molar-refractivity contribution is 4.83. The van der Waals surface area contributed by atoms with Crippen molar-refractivity contribution in [3.63, 3.8) is 0 Å². The molecule has 3 nitrogen and oxygen atoms in total. The van der Waals surface area contributed by atoms with Crippen LogP contribution in [-0.2, 0) is 0 Å². The van der Waals surface area contributed by atoms with E-state index < -0.39 is 0 Å². The molecule has 1 unspecified atom stereocenters. The molecule has 0 bridgehead atoms. The molecule has 0 aromatic carbocycles. The van der Waals surface area contributed by atoms with Crippen molar-refractivity contribution < 1.29 is 0 Å². The fourth-order valence-electron chi connectivity index (χ4n) is 4.51. The van der Waals surface area contributed by atoms with Crippen LogP contribution in [0.25, 0.3) is 0 Å². The number of nitrogens with zero attached hydrogens (tertiary/aromatic N) is 2. The van der Waals surface area contributed by atoms with E-state index in [0.29, 0.717) is 6.04 Å². The standard InChI is InChI=1S/C17H33N3/c18-17(16-5-1-2-6-16)14-20-11-7-15(8-12-20)13-19-9-3-4-10-19/h15-17H,1-14,18H2. The summed E-state index contributed by atoms with van der Waals surface area (Å²) in [6.07, 6.45) is 11.2. The summed E-state index contributed by atoms with van der Waals surface area (Å²) in [7, 11) is 0. The van der Waals surface area contributed by atoms with Gasteiger partial charge >= 0.3 is 0 Å². The van der Waals surface area contributed by atoms with Crippen LogP contribution in [0.15, 0.2) is 0 Å². The van der Waals surface area contributed by atoms with Gasteiger partial charge in [0.2, 0.25) is 0 Å². The third-order valence-corrected chi connectivity index (χ3v) is 5.90. The Balaban J connectivity index is 1.35. The number of piperidine rings is 1. The largest absolute Gasteiger partial charge is 0.326 e. The summed E-state index contributed by atoms with van der Waals surface area (Å²) in [5.41, 5.74) is 6.43. The molecule has 3 fully saturated rings. The van der Waals surface area contributed by atoms with Gasteiger partial charge in [-0.15, -0.1) is 0 Å². The van der Waals surface area contributed by atoms with Crippen LogP contribution in [0.4, 0.5) is 0 Å². The Morgan fingerprint density at radius 2 is 1.45 bits per heavy atom. The van der Waals surface area contributed by atoms with E-state index in [1.54, 1.807) is 0 Å². The second-order valence-corrected chi connectivity index (χ2v) is 7.46. The van der Waals surface area contributed by atoms with E-state index in [1.165, 1.54) is 84.1 Å². The third kappa shape index (κ3) is 3.96. The van der Waals surface area contributed by atoms with Crippen molar-refractivity contribution in [1.29, 1.82) is 0 Å². The van der Waals surface area contributed by atoms with E-state index >= 15 is 0 Å². The monoisotopic (exact) mass is 279 g/mol. The first-order valence-corrected chi connectivity index (χ1v) is 9.01. The highest BCUT2D eigenvalue weighted by atomic mass is 15.2. The zero-order valence-electron chi connectivity index (χ0n) is 13.1. The van der Waals surface area contributed by atoms with E-state index in [2.05, 4.69) is 9.80 Å². The Labute approximate surface area is 124 Å². The predicted octanol–water partition coefficient (Wildman–Crippen LogP) is 2.31. The van der Waals surface area contributed by atoms with Crippen LogP contribution >= 0.6 is 0 Å². The molecule has 1 atom stereocenters. The molecule has 3 heteroatoms. The number of nitrogens with two attached hydrogens (primary N) is 1. The average molecular weight is 279 g/mol. The summed E-state index contributed by atoms with van der Waals surface area (Å²) >= 11 is 0. The van der Waals surface area contributed by atoms with Gasteiger partial charge in [-0.2, -0.15) is 0 Å². The molecule has 2 N–H and O–H groups in total. The molecule has 20 heavy (non-hydrogen) atoms. The molecule has 3 rings (SSSR count). The second-order valence-electron chi connectivity index (χ2n) is 7.46. The molecular formula is C17H33N3. The van der Waals surface area contributed by atoms with Gasteiger partial charge in [0, 0.05) is 19.1 Å². The molecular weight excluding hydrogens is 246 g/mol. The highest BCUT2D eigenvalue weighted by Gasteiger charge is 2.27. The fourth-order valence-corrected chi connectivity index (χ4v) is 4.51. The van der Waals surface area contributed by atoms with Gasteiger partial charge in [-0.3, -0.25) is 0 Å². The minimum Gasteiger partial charge on any atom is -0.326 e. The molecule has 2 saturated heterocycles. The van der Waals surface area contributed by atoms with Crippen molar-refractivity contribution in [2.45, 2.75) is 57.4 Å². The van der Waals surface area contributed by atoms with Crippen LogP contribution in [0.2, 0.25) is 0 Å². The first-order valence-electron chi connectivity index (χ1n) is 9.01. The molecule has 1 aliphatic carbocycles. The van der Waals surface area contributed by atoms with Gasteiger partial charge in [-0.1, -0.05) is 12.8 Å². The summed E-state index contributed by atoms with van der Waals surface area (Å²) in [6, 6.07) is 0.438. The number of hydrogen-bond donors (Lipinski definition) is 1. The molecule has 0 aromatic heterocycles. The molecule has 0 aromatic rings. The van der Waals surface area contributed by atoms with Crippen molar-refractivity contribution in [2.24, 2.45) is 17.6 Å². The highest BCUT2D eigenvalue weighted by Crippen LogP contribution is 2.28. The van der Waals surface area contributed by atoms with Gasteiger partial charge in [0.05, 0.1) is 0 Å². The smallest absolute Gasteiger partial charge is 0.0196 e. The van der Waals surface area contributed by atoms with E-state index in [9.17, 15) is 0 Å². The lowest BCUT2D eigenvalue weighted by molar-refractivity contribution is 0.140. The van der Waals surface area contributed by atoms with Crippen molar-refractivity contribution in [2.75, 3.05) is 39.3 Å². The fraction of sp³-hybridized carbons (Fsp3) is 1.00. The topological polar surface area (TPSA) is 32.5 Å². The van der Waals surface area contributed by atoms with Crippen molar-refractivity contribution >= 4 is 0 Å². The Hall–Kier alpha value is -0.120. The second kappa shape index (κ2) is 7.24. The minimum absolute atomic E-state index is 0.438. The summed E-state index contributed by atoms with van der Waals surface area (Å²) in [5.74, 6) is 1.77. The van der Waals surface area contributed by atoms with Crippen LogP contribution in [0.1, 0.15) is 51.4 Å². The lowest BCUT2D eigenvalue weighted by Crippen LogP contribution is -2.45. The van der Waals surface area contributed by atoms with E-state index in [1.807, 2.05) is 0 Å². The van der Waals surface area contributed by atoms with Gasteiger partial charge in [0.15, 0.2) is 0 Å². The molecule has 2 aliphatic heterocycles. The van der Waals surface area contributed by atoms with E-state index in [-0.39, 0.29) is 0 Å². The third-order valence-electron chi connectivity index (χ3n) is 5.90. The van der Waals surface area contributed by atoms with Crippen LogP contribution in [0, 0.1) is 11.8 Å². The van der Waals surface area contributed by atoms with E-state index in [4.69, 9.17) is 5.73 Å². The molecule has 0 spiro atoms. The van der Waals surface area contributed by atoms with Gasteiger partial charge in [0.1, 0.15) is 0 Å². The minimum atomic E-state index is 0.438. The maximum absolute atomic E-state index is 6.43. The SMILES string of the molecule is NC(CN1CCC(CN2CCCC2)CC1)C1CCCC1. The average Bonchev–Trinajstić information content (AvgIpc) is 3.13. The Morgan fingerprint density at radius 3 is 2.10 bits per heavy atom. The maximum atomic E-state index is 6.43. The quantitative estimate of drug-likeness (QED) is 0.838. The van der Waals surface area contributed by atoms with Crippen LogP contribution in [0.3, 0.4) is 0 Å². The van der Waals surface area contributed by atoms with Gasteiger partial charge in [-0.25, -0.2) is 0 Å². The first-order chi connectivity index (χ1) is 9.81. The normalized spacial score (nSPS) is 29.2. The van der Waals surface area contributed by atoms with Gasteiger partial charge in [0.25, 0.3) is 0 Å².